The number of carboxylic acids is 1. The molecule has 0 saturated heterocycles. The van der Waals surface area contributed by atoms with Gasteiger partial charge in [-0.05, 0) is 53.0 Å². The van der Waals surface area contributed by atoms with Crippen molar-refractivity contribution in [2.45, 2.75) is 26.3 Å². The second-order valence-electron chi connectivity index (χ2n) is 4.83. The maximum Gasteiger partial charge on any atom is 0.328 e. The van der Waals surface area contributed by atoms with E-state index in [-0.39, 0.29) is 0 Å². The summed E-state index contributed by atoms with van der Waals surface area (Å²) in [6.45, 7) is 5.81. The molecule has 21 heavy (non-hydrogen) atoms. The number of carboxylic acid groups (broad SMARTS) is 1. The summed E-state index contributed by atoms with van der Waals surface area (Å²) in [5.74, 6) is -0.948. The predicted octanol–water partition coefficient (Wildman–Crippen LogP) is 3.80. The zero-order valence-corrected chi connectivity index (χ0v) is 14.3. The van der Waals surface area contributed by atoms with Gasteiger partial charge in [0.05, 0.1) is 12.3 Å². The van der Waals surface area contributed by atoms with Gasteiger partial charge in [-0.15, -0.1) is 0 Å². The summed E-state index contributed by atoms with van der Waals surface area (Å²) >= 11 is 3.58. The van der Waals surface area contributed by atoms with E-state index in [0.29, 0.717) is 12.6 Å². The lowest BCUT2D eigenvalue weighted by atomic mass is 10.1. The minimum absolute atomic E-state index is 0.400. The van der Waals surface area contributed by atoms with E-state index < -0.39 is 5.97 Å². The first kappa shape index (κ1) is 17.7. The number of methoxy groups -OCH3 is 1. The van der Waals surface area contributed by atoms with Gasteiger partial charge in [0, 0.05) is 30.2 Å². The number of benzene rings is 1. The number of rotatable bonds is 8. The van der Waals surface area contributed by atoms with Crippen LogP contribution in [0.5, 0.6) is 0 Å². The van der Waals surface area contributed by atoms with Crippen LogP contribution in [-0.4, -0.2) is 37.4 Å². The summed E-state index contributed by atoms with van der Waals surface area (Å²) in [4.78, 5) is 12.8. The Kier molecular flexibility index (Phi) is 7.47. The molecule has 1 aromatic rings. The lowest BCUT2D eigenvalue weighted by Crippen LogP contribution is -2.35. The van der Waals surface area contributed by atoms with Crippen LogP contribution in [0.25, 0.3) is 6.08 Å². The van der Waals surface area contributed by atoms with E-state index in [4.69, 9.17) is 9.84 Å². The average molecular weight is 356 g/mol. The van der Waals surface area contributed by atoms with Gasteiger partial charge < -0.3 is 14.7 Å². The molecule has 0 spiro atoms. The first-order valence-corrected chi connectivity index (χ1v) is 7.75. The largest absolute Gasteiger partial charge is 0.478 e. The molecule has 116 valence electrons. The summed E-state index contributed by atoms with van der Waals surface area (Å²) in [7, 11) is 1.70. The highest BCUT2D eigenvalue weighted by Crippen LogP contribution is 2.29. The second kappa shape index (κ2) is 8.85. The van der Waals surface area contributed by atoms with Gasteiger partial charge in [-0.3, -0.25) is 0 Å². The molecule has 1 unspecified atom stereocenters. The average Bonchev–Trinajstić information content (AvgIpc) is 2.46. The fourth-order valence-electron chi connectivity index (χ4n) is 2.02. The van der Waals surface area contributed by atoms with E-state index in [2.05, 4.69) is 34.7 Å². The smallest absolute Gasteiger partial charge is 0.328 e. The molecule has 0 aromatic heterocycles. The lowest BCUT2D eigenvalue weighted by molar-refractivity contribution is -0.131. The third-order valence-corrected chi connectivity index (χ3v) is 3.99. The minimum atomic E-state index is -0.948. The van der Waals surface area contributed by atoms with Crippen LogP contribution in [0.4, 0.5) is 5.69 Å². The SMILES string of the molecule is CCC(C)N(CCOC)c1ccc(/C=C/C(=O)O)cc1Br. The van der Waals surface area contributed by atoms with Gasteiger partial charge in [0.25, 0.3) is 0 Å². The molecule has 0 bridgehead atoms. The highest BCUT2D eigenvalue weighted by Gasteiger charge is 2.15. The molecule has 1 atom stereocenters. The Labute approximate surface area is 134 Å². The summed E-state index contributed by atoms with van der Waals surface area (Å²) < 4.78 is 6.13. The van der Waals surface area contributed by atoms with Crippen molar-refractivity contribution in [3.05, 3.63) is 34.3 Å². The van der Waals surface area contributed by atoms with Crippen LogP contribution < -0.4 is 4.90 Å². The number of ether oxygens (including phenoxy) is 1. The molecular formula is C16H22BrNO3. The Bertz CT molecular complexity index is 502. The number of anilines is 1. The standard InChI is InChI=1S/C16H22BrNO3/c1-4-12(2)18(9-10-21-3)15-7-5-13(11-14(15)17)6-8-16(19)20/h5-8,11-12H,4,9-10H2,1-3H3,(H,19,20)/b8-6+. The molecule has 1 N–H and O–H groups in total. The van der Waals surface area contributed by atoms with Gasteiger partial charge in [-0.1, -0.05) is 13.0 Å². The monoisotopic (exact) mass is 355 g/mol. The van der Waals surface area contributed by atoms with Crippen LogP contribution in [0.15, 0.2) is 28.7 Å². The fraction of sp³-hybridized carbons (Fsp3) is 0.438. The third kappa shape index (κ3) is 5.52. The van der Waals surface area contributed by atoms with Crippen molar-refractivity contribution < 1.29 is 14.6 Å². The van der Waals surface area contributed by atoms with E-state index in [1.807, 2.05) is 18.2 Å². The molecule has 5 heteroatoms. The van der Waals surface area contributed by atoms with Crippen LogP contribution in [0.3, 0.4) is 0 Å². The van der Waals surface area contributed by atoms with Crippen LogP contribution >= 0.6 is 15.9 Å². The fourth-order valence-corrected chi connectivity index (χ4v) is 2.64. The molecule has 0 aliphatic heterocycles. The zero-order chi connectivity index (χ0) is 15.8. The van der Waals surface area contributed by atoms with Crippen molar-refractivity contribution in [2.75, 3.05) is 25.2 Å². The number of hydrogen-bond donors (Lipinski definition) is 1. The van der Waals surface area contributed by atoms with Crippen LogP contribution in [0.2, 0.25) is 0 Å². The number of aliphatic carboxylic acids is 1. The van der Waals surface area contributed by atoms with Gasteiger partial charge in [0.1, 0.15) is 0 Å². The van der Waals surface area contributed by atoms with Gasteiger partial charge in [-0.2, -0.15) is 0 Å². The summed E-state index contributed by atoms with van der Waals surface area (Å²) in [5, 5.41) is 8.67. The summed E-state index contributed by atoms with van der Waals surface area (Å²) in [6, 6.07) is 6.25. The summed E-state index contributed by atoms with van der Waals surface area (Å²) in [5.41, 5.74) is 1.94. The highest BCUT2D eigenvalue weighted by atomic mass is 79.9. The Morgan fingerprint density at radius 3 is 2.76 bits per heavy atom. The maximum atomic E-state index is 10.6. The van der Waals surface area contributed by atoms with E-state index in [1.54, 1.807) is 13.2 Å². The molecule has 0 amide bonds. The van der Waals surface area contributed by atoms with E-state index >= 15 is 0 Å². The number of carbonyl (C=O) groups is 1. The number of nitrogens with zero attached hydrogens (tertiary/aromatic N) is 1. The van der Waals surface area contributed by atoms with E-state index in [1.165, 1.54) is 0 Å². The lowest BCUT2D eigenvalue weighted by Gasteiger charge is -2.31. The Hall–Kier alpha value is -1.33. The van der Waals surface area contributed by atoms with Crippen LogP contribution in [0, 0.1) is 0 Å². The second-order valence-corrected chi connectivity index (χ2v) is 5.68. The predicted molar refractivity (Wildman–Crippen MR) is 89.8 cm³/mol. The third-order valence-electron chi connectivity index (χ3n) is 3.36. The molecule has 0 radical (unpaired) electrons. The van der Waals surface area contributed by atoms with Crippen molar-refractivity contribution in [3.8, 4) is 0 Å². The zero-order valence-electron chi connectivity index (χ0n) is 12.7. The topological polar surface area (TPSA) is 49.8 Å². The van der Waals surface area contributed by atoms with Crippen molar-refractivity contribution in [2.24, 2.45) is 0 Å². The van der Waals surface area contributed by atoms with E-state index in [9.17, 15) is 4.79 Å². The first-order chi connectivity index (χ1) is 9.99. The minimum Gasteiger partial charge on any atom is -0.478 e. The molecule has 0 heterocycles. The van der Waals surface area contributed by atoms with Gasteiger partial charge in [-0.25, -0.2) is 4.79 Å². The Balaban J connectivity index is 3.01. The first-order valence-electron chi connectivity index (χ1n) is 6.95. The molecule has 1 rings (SSSR count). The number of halogens is 1. The van der Waals surface area contributed by atoms with Crippen molar-refractivity contribution in [1.82, 2.24) is 0 Å². The molecule has 4 nitrogen and oxygen atoms in total. The van der Waals surface area contributed by atoms with Gasteiger partial charge in [0.2, 0.25) is 0 Å². The maximum absolute atomic E-state index is 10.6. The highest BCUT2D eigenvalue weighted by molar-refractivity contribution is 9.10. The normalized spacial score (nSPS) is 12.6. The van der Waals surface area contributed by atoms with Crippen molar-refractivity contribution >= 4 is 33.7 Å². The van der Waals surface area contributed by atoms with Crippen LogP contribution in [-0.2, 0) is 9.53 Å². The van der Waals surface area contributed by atoms with Gasteiger partial charge in [0.15, 0.2) is 0 Å². The van der Waals surface area contributed by atoms with Crippen molar-refractivity contribution in [1.29, 1.82) is 0 Å². The molecule has 0 aliphatic rings. The molecule has 1 aromatic carbocycles. The Morgan fingerprint density at radius 2 is 2.24 bits per heavy atom. The molecular weight excluding hydrogens is 334 g/mol. The van der Waals surface area contributed by atoms with E-state index in [0.717, 1.165) is 34.8 Å². The molecule has 0 fully saturated rings. The van der Waals surface area contributed by atoms with Crippen molar-refractivity contribution in [3.63, 3.8) is 0 Å². The molecule has 0 aliphatic carbocycles. The summed E-state index contributed by atoms with van der Waals surface area (Å²) in [6.07, 6.45) is 3.76. The molecule has 0 saturated carbocycles. The number of hydrogen-bond acceptors (Lipinski definition) is 3. The van der Waals surface area contributed by atoms with Gasteiger partial charge >= 0.3 is 5.97 Å². The van der Waals surface area contributed by atoms with Crippen LogP contribution in [0.1, 0.15) is 25.8 Å². The quantitative estimate of drug-likeness (QED) is 0.720. The Morgan fingerprint density at radius 1 is 1.52 bits per heavy atom.